The first-order valence-electron chi connectivity index (χ1n) is 8.59. The highest BCUT2D eigenvalue weighted by molar-refractivity contribution is 5.95. The molecule has 0 aromatic heterocycles. The molecule has 1 aromatic rings. The van der Waals surface area contributed by atoms with E-state index in [0.717, 1.165) is 12.8 Å². The molecule has 1 saturated heterocycles. The van der Waals surface area contributed by atoms with Crippen molar-refractivity contribution in [3.05, 3.63) is 17.7 Å². The molecule has 0 radical (unpaired) electrons. The molecular weight excluding hydrogens is 320 g/mol. The van der Waals surface area contributed by atoms with E-state index in [9.17, 15) is 4.79 Å². The topological polar surface area (TPSA) is 73.4 Å². The van der Waals surface area contributed by atoms with E-state index in [1.807, 2.05) is 0 Å². The zero-order valence-electron chi connectivity index (χ0n) is 16.4. The minimum absolute atomic E-state index is 0.0922. The highest BCUT2D eigenvalue weighted by Crippen LogP contribution is 2.38. The number of ether oxygens (including phenoxy) is 3. The minimum atomic E-state index is -0.127. The lowest BCUT2D eigenvalue weighted by atomic mass is 9.79. The van der Waals surface area contributed by atoms with Gasteiger partial charge >= 0.3 is 0 Å². The number of nitrogens with one attached hydrogen (secondary N) is 1. The molecule has 1 heterocycles. The van der Waals surface area contributed by atoms with Gasteiger partial charge in [0.05, 0.1) is 32.4 Å². The van der Waals surface area contributed by atoms with Crippen molar-refractivity contribution in [2.45, 2.75) is 57.7 Å². The second-order valence-electron chi connectivity index (χ2n) is 8.11. The highest BCUT2D eigenvalue weighted by Gasteiger charge is 2.42. The first-order valence-corrected chi connectivity index (χ1v) is 8.59. The summed E-state index contributed by atoms with van der Waals surface area (Å²) in [6.07, 6.45) is 1.85. The van der Waals surface area contributed by atoms with Crippen LogP contribution in [-0.2, 0) is 0 Å². The van der Waals surface area contributed by atoms with Crippen molar-refractivity contribution in [2.24, 2.45) is 0 Å². The van der Waals surface area contributed by atoms with Gasteiger partial charge in [0.25, 0.3) is 5.91 Å². The second-order valence-corrected chi connectivity index (χ2v) is 8.11. The van der Waals surface area contributed by atoms with Gasteiger partial charge in [-0.1, -0.05) is 0 Å². The largest absolute Gasteiger partial charge is 0.493 e. The molecule has 1 aliphatic heterocycles. The van der Waals surface area contributed by atoms with Crippen molar-refractivity contribution in [2.75, 3.05) is 21.3 Å². The lowest BCUT2D eigenvalue weighted by Gasteiger charge is -2.43. The van der Waals surface area contributed by atoms with E-state index in [1.54, 1.807) is 33.5 Å². The monoisotopic (exact) mass is 351 g/mol. The molecule has 0 spiro atoms. The Bertz CT molecular complexity index is 599. The van der Waals surface area contributed by atoms with Crippen molar-refractivity contribution in [1.82, 2.24) is 5.32 Å². The van der Waals surface area contributed by atoms with Gasteiger partial charge in [-0.05, 0) is 39.8 Å². The summed E-state index contributed by atoms with van der Waals surface area (Å²) in [5.74, 6) is 1.31. The van der Waals surface area contributed by atoms with E-state index in [2.05, 4.69) is 38.3 Å². The molecule has 25 heavy (non-hydrogen) atoms. The molecule has 0 aliphatic carbocycles. The number of rotatable bonds is 5. The SMILES string of the molecule is COc1cc(C(=O)NC2CC(C)(C)[NH2+]C(C)(C)C2)cc(OC)c1OC. The Kier molecular flexibility index (Phi) is 5.52. The quantitative estimate of drug-likeness (QED) is 0.847. The number of benzene rings is 1. The number of methoxy groups -OCH3 is 3. The van der Waals surface area contributed by atoms with E-state index in [1.165, 1.54) is 0 Å². The summed E-state index contributed by atoms with van der Waals surface area (Å²) in [6.45, 7) is 8.86. The van der Waals surface area contributed by atoms with Crippen molar-refractivity contribution in [1.29, 1.82) is 0 Å². The number of carbonyl (C=O) groups excluding carboxylic acids is 1. The fraction of sp³-hybridized carbons (Fsp3) is 0.632. The second kappa shape index (κ2) is 7.12. The lowest BCUT2D eigenvalue weighted by molar-refractivity contribution is -0.787. The fourth-order valence-electron chi connectivity index (χ4n) is 4.10. The maximum absolute atomic E-state index is 12.8. The molecule has 2 rings (SSSR count). The lowest BCUT2D eigenvalue weighted by Crippen LogP contribution is -3.06. The first kappa shape index (κ1) is 19.4. The van der Waals surface area contributed by atoms with Crippen molar-refractivity contribution >= 4 is 5.91 Å². The van der Waals surface area contributed by atoms with E-state index in [-0.39, 0.29) is 23.0 Å². The normalized spacial score (nSPS) is 19.2. The van der Waals surface area contributed by atoms with Gasteiger partial charge in [0, 0.05) is 24.4 Å². The number of hydrogen-bond donors (Lipinski definition) is 2. The third kappa shape index (κ3) is 4.57. The van der Waals surface area contributed by atoms with Crippen LogP contribution in [0.15, 0.2) is 12.1 Å². The minimum Gasteiger partial charge on any atom is -0.493 e. The van der Waals surface area contributed by atoms with E-state index in [0.29, 0.717) is 22.8 Å². The number of nitrogens with two attached hydrogens (primary N) is 1. The summed E-state index contributed by atoms with van der Waals surface area (Å²) in [4.78, 5) is 12.8. The number of quaternary nitrogens is 1. The average Bonchev–Trinajstić information content (AvgIpc) is 2.50. The fourth-order valence-corrected chi connectivity index (χ4v) is 4.10. The van der Waals surface area contributed by atoms with E-state index in [4.69, 9.17) is 14.2 Å². The molecular formula is C19H31N2O4+. The molecule has 0 atom stereocenters. The first-order chi connectivity index (χ1) is 11.6. The standard InChI is InChI=1S/C19H30N2O4/c1-18(2)10-13(11-19(3,4)21-18)20-17(22)12-8-14(23-5)16(25-7)15(9-12)24-6/h8-9,13,21H,10-11H2,1-7H3,(H,20,22)/p+1. The number of amides is 1. The Balaban J connectivity index is 2.23. The number of hydrogen-bond acceptors (Lipinski definition) is 4. The van der Waals surface area contributed by atoms with Crippen LogP contribution in [0.1, 0.15) is 50.9 Å². The number of carbonyl (C=O) groups is 1. The smallest absolute Gasteiger partial charge is 0.251 e. The van der Waals surface area contributed by atoms with Gasteiger partial charge in [-0.25, -0.2) is 0 Å². The Labute approximate surface area is 150 Å². The average molecular weight is 351 g/mol. The summed E-state index contributed by atoms with van der Waals surface area (Å²) in [6, 6.07) is 3.49. The van der Waals surface area contributed by atoms with Crippen LogP contribution in [0.5, 0.6) is 17.2 Å². The van der Waals surface area contributed by atoms with E-state index >= 15 is 0 Å². The van der Waals surface area contributed by atoms with Crippen LogP contribution in [0.3, 0.4) is 0 Å². The van der Waals surface area contributed by atoms with Crippen LogP contribution in [-0.4, -0.2) is 44.4 Å². The van der Waals surface area contributed by atoms with Gasteiger partial charge in [0.1, 0.15) is 0 Å². The molecule has 6 heteroatoms. The molecule has 0 saturated carbocycles. The van der Waals surface area contributed by atoms with Gasteiger partial charge in [0.2, 0.25) is 5.75 Å². The summed E-state index contributed by atoms with van der Waals surface area (Å²) in [7, 11) is 4.63. The maximum Gasteiger partial charge on any atom is 0.251 e. The predicted octanol–water partition coefficient (Wildman–Crippen LogP) is 1.73. The molecule has 3 N–H and O–H groups in total. The van der Waals surface area contributed by atoms with Crippen LogP contribution in [0.25, 0.3) is 0 Å². The van der Waals surface area contributed by atoms with Crippen molar-refractivity contribution in [3.63, 3.8) is 0 Å². The van der Waals surface area contributed by atoms with Gasteiger partial charge < -0.3 is 24.8 Å². The zero-order chi connectivity index (χ0) is 18.8. The van der Waals surface area contributed by atoms with Crippen LogP contribution in [0, 0.1) is 0 Å². The van der Waals surface area contributed by atoms with Crippen molar-refractivity contribution < 1.29 is 24.3 Å². The van der Waals surface area contributed by atoms with Gasteiger partial charge in [-0.2, -0.15) is 0 Å². The predicted molar refractivity (Wildman–Crippen MR) is 96.7 cm³/mol. The van der Waals surface area contributed by atoms with Crippen LogP contribution < -0.4 is 24.8 Å². The third-order valence-electron chi connectivity index (χ3n) is 4.59. The third-order valence-corrected chi connectivity index (χ3v) is 4.59. The molecule has 0 bridgehead atoms. The molecule has 1 fully saturated rings. The van der Waals surface area contributed by atoms with Crippen molar-refractivity contribution in [3.8, 4) is 17.2 Å². The maximum atomic E-state index is 12.8. The number of piperidine rings is 1. The Morgan fingerprint density at radius 1 is 1.00 bits per heavy atom. The molecule has 0 unspecified atom stereocenters. The van der Waals surface area contributed by atoms with Crippen LogP contribution >= 0.6 is 0 Å². The molecule has 140 valence electrons. The summed E-state index contributed by atoms with van der Waals surface area (Å²) in [5, 5.41) is 5.57. The molecule has 1 aliphatic rings. The molecule has 1 aromatic carbocycles. The zero-order valence-corrected chi connectivity index (χ0v) is 16.4. The van der Waals surface area contributed by atoms with E-state index < -0.39 is 0 Å². The Morgan fingerprint density at radius 2 is 1.48 bits per heavy atom. The Hall–Kier alpha value is -1.95. The summed E-state index contributed by atoms with van der Waals surface area (Å²) >= 11 is 0. The summed E-state index contributed by atoms with van der Waals surface area (Å²) < 4.78 is 16.0. The summed E-state index contributed by atoms with van der Waals surface area (Å²) in [5.41, 5.74) is 0.684. The highest BCUT2D eigenvalue weighted by atomic mass is 16.5. The molecule has 1 amide bonds. The van der Waals surface area contributed by atoms with Gasteiger partial charge in [0.15, 0.2) is 11.5 Å². The van der Waals surface area contributed by atoms with Gasteiger partial charge in [-0.3, -0.25) is 4.79 Å². The Morgan fingerprint density at radius 3 is 1.88 bits per heavy atom. The van der Waals surface area contributed by atoms with Crippen LogP contribution in [0.2, 0.25) is 0 Å². The van der Waals surface area contributed by atoms with Gasteiger partial charge in [-0.15, -0.1) is 0 Å². The molecule has 6 nitrogen and oxygen atoms in total. The van der Waals surface area contributed by atoms with Crippen LogP contribution in [0.4, 0.5) is 0 Å².